The Morgan fingerprint density at radius 2 is 2.64 bits per heavy atom. The van der Waals surface area contributed by atoms with Crippen LogP contribution in [0.2, 0.25) is 0 Å². The number of carbonyl (C=O) groups excluding carboxylic acids is 1. The summed E-state index contributed by atoms with van der Waals surface area (Å²) in [6, 6.07) is 3.21. The summed E-state index contributed by atoms with van der Waals surface area (Å²) in [6.07, 6.45) is 4.00. The van der Waals surface area contributed by atoms with Crippen molar-refractivity contribution in [3.63, 3.8) is 0 Å². The van der Waals surface area contributed by atoms with Gasteiger partial charge in [-0.05, 0) is 12.1 Å². The molecule has 0 unspecified atom stereocenters. The summed E-state index contributed by atoms with van der Waals surface area (Å²) in [5.74, 6) is -0.686. The van der Waals surface area contributed by atoms with E-state index in [1.807, 2.05) is 0 Å². The Hall–Kier alpha value is -1.45. The van der Waals surface area contributed by atoms with Crippen LogP contribution in [0.15, 0.2) is 18.3 Å². The minimum Gasteiger partial charge on any atom is -0.322 e. The van der Waals surface area contributed by atoms with E-state index in [-0.39, 0.29) is 0 Å². The van der Waals surface area contributed by atoms with Crippen molar-refractivity contribution in [1.29, 1.82) is 0 Å². The highest BCUT2D eigenvalue weighted by Gasteiger charge is 1.98. The molecule has 57 valence electrons. The molecule has 0 saturated heterocycles. The van der Waals surface area contributed by atoms with E-state index in [9.17, 15) is 9.18 Å². The highest BCUT2D eigenvalue weighted by Crippen LogP contribution is 2.00. The standard InChI is InChI=1S/C7H6FN2O/c8-4-7(11)10-6-2-1-3-9-5-6/h1-3H,4H2,(H,10,11). The molecule has 1 aromatic rings. The summed E-state index contributed by atoms with van der Waals surface area (Å²) < 4.78 is 11.6. The quantitative estimate of drug-likeness (QED) is 0.682. The van der Waals surface area contributed by atoms with Crippen LogP contribution in [-0.2, 0) is 4.79 Å². The highest BCUT2D eigenvalue weighted by molar-refractivity contribution is 5.91. The van der Waals surface area contributed by atoms with Crippen molar-refractivity contribution < 1.29 is 9.18 Å². The first-order valence-corrected chi connectivity index (χ1v) is 3.01. The molecule has 0 spiro atoms. The number of carbonyl (C=O) groups is 1. The SMILES string of the molecule is O=C(CF)Nc1[c]nccc1. The molecule has 0 bridgehead atoms. The molecule has 0 atom stereocenters. The number of aromatic nitrogens is 1. The summed E-state index contributed by atoms with van der Waals surface area (Å²) in [6.45, 7) is -1.03. The highest BCUT2D eigenvalue weighted by atomic mass is 19.1. The largest absolute Gasteiger partial charge is 0.322 e. The van der Waals surface area contributed by atoms with E-state index < -0.39 is 12.6 Å². The Bertz CT molecular complexity index is 237. The van der Waals surface area contributed by atoms with Crippen LogP contribution >= 0.6 is 0 Å². The second-order valence-electron chi connectivity index (χ2n) is 1.84. The first-order chi connectivity index (χ1) is 5.33. The van der Waals surface area contributed by atoms with Crippen LogP contribution in [0, 0.1) is 6.20 Å². The van der Waals surface area contributed by atoms with Gasteiger partial charge in [0.2, 0.25) is 0 Å². The third-order valence-electron chi connectivity index (χ3n) is 1.00. The van der Waals surface area contributed by atoms with Crippen molar-refractivity contribution in [3.8, 4) is 0 Å². The number of alkyl halides is 1. The lowest BCUT2D eigenvalue weighted by Gasteiger charge is -1.98. The molecule has 1 radical (unpaired) electrons. The molecule has 1 N–H and O–H groups in total. The van der Waals surface area contributed by atoms with E-state index in [1.165, 1.54) is 6.20 Å². The van der Waals surface area contributed by atoms with Gasteiger partial charge in [-0.15, -0.1) is 0 Å². The van der Waals surface area contributed by atoms with Gasteiger partial charge in [-0.2, -0.15) is 0 Å². The molecule has 0 fully saturated rings. The molecule has 0 aliphatic carbocycles. The molecule has 0 saturated carbocycles. The fraction of sp³-hybridized carbons (Fsp3) is 0.143. The molecule has 1 heterocycles. The number of hydrogen-bond acceptors (Lipinski definition) is 2. The number of amides is 1. The van der Waals surface area contributed by atoms with Crippen LogP contribution in [-0.4, -0.2) is 17.6 Å². The second kappa shape index (κ2) is 3.65. The van der Waals surface area contributed by atoms with Crippen LogP contribution in [0.25, 0.3) is 0 Å². The van der Waals surface area contributed by atoms with Gasteiger partial charge in [0.15, 0.2) is 6.67 Å². The van der Waals surface area contributed by atoms with Gasteiger partial charge in [0.25, 0.3) is 5.91 Å². The molecule has 1 aromatic heterocycles. The van der Waals surface area contributed by atoms with Gasteiger partial charge in [-0.25, -0.2) is 4.39 Å². The average Bonchev–Trinajstić information content (AvgIpc) is 2.06. The maximum absolute atomic E-state index is 11.6. The van der Waals surface area contributed by atoms with E-state index in [4.69, 9.17) is 0 Å². The van der Waals surface area contributed by atoms with Crippen LogP contribution in [0.5, 0.6) is 0 Å². The van der Waals surface area contributed by atoms with Gasteiger partial charge < -0.3 is 5.32 Å². The number of hydrogen-bond donors (Lipinski definition) is 1. The molecular weight excluding hydrogens is 147 g/mol. The minimum absolute atomic E-state index is 0.384. The lowest BCUT2D eigenvalue weighted by Crippen LogP contribution is -2.13. The molecule has 0 aromatic carbocycles. The molecular formula is C7H6FN2O. The average molecular weight is 153 g/mol. The van der Waals surface area contributed by atoms with E-state index in [0.717, 1.165) is 0 Å². The predicted molar refractivity (Wildman–Crippen MR) is 37.7 cm³/mol. The van der Waals surface area contributed by atoms with E-state index in [2.05, 4.69) is 16.5 Å². The smallest absolute Gasteiger partial charge is 0.255 e. The number of halogens is 1. The summed E-state index contributed by atoms with van der Waals surface area (Å²) in [4.78, 5) is 14.1. The van der Waals surface area contributed by atoms with Crippen molar-refractivity contribution in [2.45, 2.75) is 0 Å². The van der Waals surface area contributed by atoms with Crippen molar-refractivity contribution in [1.82, 2.24) is 4.98 Å². The van der Waals surface area contributed by atoms with E-state index >= 15 is 0 Å². The molecule has 0 aliphatic heterocycles. The number of nitrogens with zero attached hydrogens (tertiary/aromatic N) is 1. The van der Waals surface area contributed by atoms with Gasteiger partial charge in [0, 0.05) is 6.20 Å². The number of rotatable bonds is 2. The van der Waals surface area contributed by atoms with Crippen LogP contribution in [0.3, 0.4) is 0 Å². The van der Waals surface area contributed by atoms with Gasteiger partial charge in [0.05, 0.1) is 5.69 Å². The fourth-order valence-corrected chi connectivity index (χ4v) is 0.580. The van der Waals surface area contributed by atoms with Crippen LogP contribution < -0.4 is 5.32 Å². The second-order valence-corrected chi connectivity index (χ2v) is 1.84. The Labute approximate surface area is 63.3 Å². The van der Waals surface area contributed by atoms with Gasteiger partial charge in [-0.1, -0.05) is 0 Å². The maximum atomic E-state index is 11.6. The molecule has 4 heteroatoms. The fourth-order valence-electron chi connectivity index (χ4n) is 0.580. The third kappa shape index (κ3) is 2.33. The van der Waals surface area contributed by atoms with Gasteiger partial charge in [-0.3, -0.25) is 9.78 Å². The Balaban J connectivity index is 2.58. The van der Waals surface area contributed by atoms with Crippen LogP contribution in [0.4, 0.5) is 10.1 Å². The molecule has 1 amide bonds. The van der Waals surface area contributed by atoms with Crippen LogP contribution in [0.1, 0.15) is 0 Å². The normalized spacial score (nSPS) is 9.18. The first kappa shape index (κ1) is 7.65. The van der Waals surface area contributed by atoms with E-state index in [1.54, 1.807) is 12.1 Å². The predicted octanol–water partition coefficient (Wildman–Crippen LogP) is 0.790. The Morgan fingerprint density at radius 1 is 1.82 bits per heavy atom. The van der Waals surface area contributed by atoms with Gasteiger partial charge >= 0.3 is 0 Å². The molecule has 11 heavy (non-hydrogen) atoms. The summed E-state index contributed by atoms with van der Waals surface area (Å²) in [5.41, 5.74) is 0.384. The zero-order chi connectivity index (χ0) is 8.10. The topological polar surface area (TPSA) is 42.0 Å². The zero-order valence-corrected chi connectivity index (χ0v) is 5.67. The van der Waals surface area contributed by atoms with Gasteiger partial charge in [0.1, 0.15) is 6.20 Å². The number of anilines is 1. The van der Waals surface area contributed by atoms with Crippen molar-refractivity contribution in [3.05, 3.63) is 24.5 Å². The lowest BCUT2D eigenvalue weighted by atomic mass is 10.4. The minimum atomic E-state index is -1.03. The summed E-state index contributed by atoms with van der Waals surface area (Å²) >= 11 is 0. The van der Waals surface area contributed by atoms with Crippen molar-refractivity contribution >= 4 is 11.6 Å². The lowest BCUT2D eigenvalue weighted by molar-refractivity contribution is -0.117. The monoisotopic (exact) mass is 153 g/mol. The number of nitrogens with one attached hydrogen (secondary N) is 1. The Kier molecular flexibility index (Phi) is 2.54. The zero-order valence-electron chi connectivity index (χ0n) is 5.67. The Morgan fingerprint density at radius 3 is 3.18 bits per heavy atom. The molecule has 1 rings (SSSR count). The number of pyridine rings is 1. The molecule has 3 nitrogen and oxygen atoms in total. The first-order valence-electron chi connectivity index (χ1n) is 3.01. The summed E-state index contributed by atoms with van der Waals surface area (Å²) in [5, 5.41) is 2.26. The third-order valence-corrected chi connectivity index (χ3v) is 1.00. The molecule has 0 aliphatic rings. The van der Waals surface area contributed by atoms with E-state index in [0.29, 0.717) is 5.69 Å². The van der Waals surface area contributed by atoms with Crippen molar-refractivity contribution in [2.75, 3.05) is 12.0 Å². The summed E-state index contributed by atoms with van der Waals surface area (Å²) in [7, 11) is 0. The maximum Gasteiger partial charge on any atom is 0.255 e. The van der Waals surface area contributed by atoms with Crippen molar-refractivity contribution in [2.24, 2.45) is 0 Å².